The van der Waals surface area contributed by atoms with Crippen molar-refractivity contribution in [1.29, 1.82) is 0 Å². The molecule has 0 spiro atoms. The Bertz CT molecular complexity index is 441. The van der Waals surface area contributed by atoms with Crippen LogP contribution in [0, 0.1) is 0 Å². The molecule has 3 nitrogen and oxygen atoms in total. The van der Waals surface area contributed by atoms with Crippen LogP contribution in [0.3, 0.4) is 0 Å². The SMILES string of the molecule is O=C1C=CCCN1C(=O)/C=C/C1=CCCC=C1. The number of hydrogen-bond acceptors (Lipinski definition) is 2. The van der Waals surface area contributed by atoms with Crippen LogP contribution in [0.2, 0.25) is 0 Å². The van der Waals surface area contributed by atoms with Crippen molar-refractivity contribution in [2.75, 3.05) is 6.54 Å². The summed E-state index contributed by atoms with van der Waals surface area (Å²) in [7, 11) is 0. The second-order valence-corrected chi connectivity index (χ2v) is 4.04. The van der Waals surface area contributed by atoms with Gasteiger partial charge in [-0.15, -0.1) is 0 Å². The molecule has 0 unspecified atom stereocenters. The predicted octanol–water partition coefficient (Wildman–Crippen LogP) is 2.13. The fourth-order valence-corrected chi connectivity index (χ4v) is 1.82. The van der Waals surface area contributed by atoms with Gasteiger partial charge in [0.25, 0.3) is 11.8 Å². The maximum absolute atomic E-state index is 11.8. The quantitative estimate of drug-likeness (QED) is 0.680. The molecule has 88 valence electrons. The Balaban J connectivity index is 1.99. The highest BCUT2D eigenvalue weighted by molar-refractivity contribution is 6.05. The van der Waals surface area contributed by atoms with Gasteiger partial charge in [0.2, 0.25) is 0 Å². The van der Waals surface area contributed by atoms with Gasteiger partial charge in [-0.25, -0.2) is 0 Å². The van der Waals surface area contributed by atoms with E-state index in [1.54, 1.807) is 12.2 Å². The van der Waals surface area contributed by atoms with Gasteiger partial charge in [0, 0.05) is 12.6 Å². The number of carbonyl (C=O) groups is 2. The average molecular weight is 229 g/mol. The normalized spacial score (nSPS) is 19.9. The lowest BCUT2D eigenvalue weighted by molar-refractivity contribution is -0.139. The summed E-state index contributed by atoms with van der Waals surface area (Å²) < 4.78 is 0. The summed E-state index contributed by atoms with van der Waals surface area (Å²) in [5.74, 6) is -0.460. The Kier molecular flexibility index (Phi) is 3.70. The molecule has 3 heteroatoms. The van der Waals surface area contributed by atoms with Crippen molar-refractivity contribution in [3.63, 3.8) is 0 Å². The standard InChI is InChI=1S/C14H15NO2/c16-13-8-4-5-11-15(13)14(17)10-9-12-6-2-1-3-7-12/h2,4,6-10H,1,3,5,11H2/b10-9+. The minimum atomic E-state index is -0.237. The van der Waals surface area contributed by atoms with Gasteiger partial charge in [-0.1, -0.05) is 24.3 Å². The van der Waals surface area contributed by atoms with E-state index in [2.05, 4.69) is 12.2 Å². The van der Waals surface area contributed by atoms with Crippen LogP contribution in [-0.2, 0) is 9.59 Å². The highest BCUT2D eigenvalue weighted by Gasteiger charge is 2.18. The van der Waals surface area contributed by atoms with Gasteiger partial charge in [-0.2, -0.15) is 0 Å². The molecule has 2 aliphatic rings. The molecule has 0 N–H and O–H groups in total. The lowest BCUT2D eigenvalue weighted by Gasteiger charge is -2.19. The van der Waals surface area contributed by atoms with Crippen LogP contribution in [0.15, 0.2) is 48.1 Å². The number of allylic oxidation sites excluding steroid dienone is 5. The molecular formula is C14H15NO2. The first-order valence-corrected chi connectivity index (χ1v) is 5.84. The van der Waals surface area contributed by atoms with Crippen LogP contribution in [0.4, 0.5) is 0 Å². The lowest BCUT2D eigenvalue weighted by atomic mass is 10.1. The van der Waals surface area contributed by atoms with E-state index in [0.29, 0.717) is 6.54 Å². The zero-order chi connectivity index (χ0) is 12.1. The van der Waals surface area contributed by atoms with E-state index in [9.17, 15) is 9.59 Å². The van der Waals surface area contributed by atoms with E-state index < -0.39 is 0 Å². The first-order chi connectivity index (χ1) is 8.27. The Morgan fingerprint density at radius 3 is 2.71 bits per heavy atom. The van der Waals surface area contributed by atoms with E-state index in [-0.39, 0.29) is 11.8 Å². The molecule has 2 rings (SSSR count). The third-order valence-electron chi connectivity index (χ3n) is 2.75. The first-order valence-electron chi connectivity index (χ1n) is 5.84. The van der Waals surface area contributed by atoms with Crippen molar-refractivity contribution in [1.82, 2.24) is 4.90 Å². The summed E-state index contributed by atoms with van der Waals surface area (Å²) >= 11 is 0. The zero-order valence-corrected chi connectivity index (χ0v) is 9.63. The number of rotatable bonds is 2. The van der Waals surface area contributed by atoms with Gasteiger partial charge >= 0.3 is 0 Å². The number of nitrogens with zero attached hydrogens (tertiary/aromatic N) is 1. The van der Waals surface area contributed by atoms with Crippen molar-refractivity contribution in [3.8, 4) is 0 Å². The number of carbonyl (C=O) groups excluding carboxylic acids is 2. The van der Waals surface area contributed by atoms with Crippen LogP contribution < -0.4 is 0 Å². The van der Waals surface area contributed by atoms with E-state index in [1.165, 1.54) is 17.1 Å². The van der Waals surface area contributed by atoms with E-state index in [0.717, 1.165) is 24.8 Å². The molecule has 17 heavy (non-hydrogen) atoms. The molecule has 2 amide bonds. The van der Waals surface area contributed by atoms with Crippen molar-refractivity contribution in [2.24, 2.45) is 0 Å². The van der Waals surface area contributed by atoms with Gasteiger partial charge in [0.05, 0.1) is 0 Å². The summed E-state index contributed by atoms with van der Waals surface area (Å²) in [4.78, 5) is 24.5. The van der Waals surface area contributed by atoms with Crippen LogP contribution in [0.1, 0.15) is 19.3 Å². The largest absolute Gasteiger partial charge is 0.275 e. The summed E-state index contributed by atoms with van der Waals surface area (Å²) in [6.45, 7) is 0.480. The second kappa shape index (κ2) is 5.43. The van der Waals surface area contributed by atoms with Gasteiger partial charge in [0.1, 0.15) is 0 Å². The summed E-state index contributed by atoms with van der Waals surface area (Å²) in [5, 5.41) is 0. The summed E-state index contributed by atoms with van der Waals surface area (Å²) in [5.41, 5.74) is 1.03. The Labute approximate surface area is 101 Å². The number of imide groups is 1. The molecule has 1 aliphatic heterocycles. The molecule has 0 atom stereocenters. The van der Waals surface area contributed by atoms with Gasteiger partial charge in [-0.05, 0) is 37.0 Å². The molecule has 0 aromatic carbocycles. The molecular weight excluding hydrogens is 214 g/mol. The van der Waals surface area contributed by atoms with Gasteiger partial charge < -0.3 is 0 Å². The fraction of sp³-hybridized carbons (Fsp3) is 0.286. The Morgan fingerprint density at radius 2 is 2.00 bits per heavy atom. The number of amides is 2. The minimum Gasteiger partial charge on any atom is -0.275 e. The van der Waals surface area contributed by atoms with E-state index in [4.69, 9.17) is 0 Å². The van der Waals surface area contributed by atoms with Gasteiger partial charge in [-0.3, -0.25) is 14.5 Å². The van der Waals surface area contributed by atoms with Crippen LogP contribution in [-0.4, -0.2) is 23.3 Å². The van der Waals surface area contributed by atoms with Crippen LogP contribution in [0.25, 0.3) is 0 Å². The Hall–Kier alpha value is -1.90. The highest BCUT2D eigenvalue weighted by Crippen LogP contribution is 2.11. The molecule has 0 aromatic rings. The van der Waals surface area contributed by atoms with Crippen molar-refractivity contribution in [3.05, 3.63) is 48.1 Å². The van der Waals surface area contributed by atoms with Crippen molar-refractivity contribution in [2.45, 2.75) is 19.3 Å². The Morgan fingerprint density at radius 1 is 1.18 bits per heavy atom. The smallest absolute Gasteiger partial charge is 0.253 e. The average Bonchev–Trinajstić information content (AvgIpc) is 2.38. The molecule has 1 heterocycles. The maximum atomic E-state index is 11.8. The lowest BCUT2D eigenvalue weighted by Crippen LogP contribution is -2.37. The van der Waals surface area contributed by atoms with Gasteiger partial charge in [0.15, 0.2) is 0 Å². The fourth-order valence-electron chi connectivity index (χ4n) is 1.82. The first kappa shape index (κ1) is 11.6. The molecule has 0 aromatic heterocycles. The third kappa shape index (κ3) is 3.03. The summed E-state index contributed by atoms with van der Waals surface area (Å²) in [6, 6.07) is 0. The molecule has 0 fully saturated rings. The van der Waals surface area contributed by atoms with Crippen molar-refractivity contribution < 1.29 is 9.59 Å². The zero-order valence-electron chi connectivity index (χ0n) is 9.63. The number of hydrogen-bond donors (Lipinski definition) is 0. The monoisotopic (exact) mass is 229 g/mol. The molecule has 1 aliphatic carbocycles. The highest BCUT2D eigenvalue weighted by atomic mass is 16.2. The second-order valence-electron chi connectivity index (χ2n) is 4.04. The molecule has 0 saturated heterocycles. The van der Waals surface area contributed by atoms with E-state index >= 15 is 0 Å². The molecule has 0 saturated carbocycles. The van der Waals surface area contributed by atoms with Crippen LogP contribution >= 0.6 is 0 Å². The summed E-state index contributed by atoms with van der Waals surface area (Å²) in [6.07, 6.45) is 15.5. The molecule has 0 bridgehead atoms. The topological polar surface area (TPSA) is 37.4 Å². The maximum Gasteiger partial charge on any atom is 0.253 e. The van der Waals surface area contributed by atoms with Crippen molar-refractivity contribution >= 4 is 11.8 Å². The molecule has 0 radical (unpaired) electrons. The van der Waals surface area contributed by atoms with Crippen LogP contribution in [0.5, 0.6) is 0 Å². The third-order valence-corrected chi connectivity index (χ3v) is 2.75. The predicted molar refractivity (Wildman–Crippen MR) is 66.1 cm³/mol. The van der Waals surface area contributed by atoms with E-state index in [1.807, 2.05) is 6.08 Å². The minimum absolute atomic E-state index is 0.223.